The summed E-state index contributed by atoms with van der Waals surface area (Å²) < 4.78 is 10.2. The molecule has 0 saturated carbocycles. The summed E-state index contributed by atoms with van der Waals surface area (Å²) in [6.45, 7) is 1.82. The van der Waals surface area contributed by atoms with Crippen molar-refractivity contribution in [1.82, 2.24) is 0 Å². The van der Waals surface area contributed by atoms with Gasteiger partial charge in [-0.1, -0.05) is 0 Å². The highest BCUT2D eigenvalue weighted by Crippen LogP contribution is 2.22. The first-order valence-electron chi connectivity index (χ1n) is 5.54. The number of anilines is 1. The SMILES string of the molecule is COC(OC)C(C)Nc1ccc([N+](=O)[O-])cc1C#N. The highest BCUT2D eigenvalue weighted by molar-refractivity contribution is 5.61. The molecule has 1 aromatic rings. The minimum Gasteiger partial charge on any atom is -0.376 e. The third-order valence-corrected chi connectivity index (χ3v) is 2.59. The van der Waals surface area contributed by atoms with Gasteiger partial charge in [0.1, 0.15) is 6.07 Å². The van der Waals surface area contributed by atoms with Crippen LogP contribution >= 0.6 is 0 Å². The standard InChI is InChI=1S/C12H15N3O4/c1-8(12(18-2)19-3)14-11-5-4-10(15(16)17)6-9(11)7-13/h4-6,8,12,14H,1-3H3. The van der Waals surface area contributed by atoms with Crippen LogP contribution in [0.5, 0.6) is 0 Å². The minimum absolute atomic E-state index is 0.121. The predicted octanol–water partition coefficient (Wildman–Crippen LogP) is 1.89. The Labute approximate surface area is 110 Å². The number of hydrogen-bond acceptors (Lipinski definition) is 6. The number of non-ortho nitro benzene ring substituents is 1. The second kappa shape index (κ2) is 6.68. The second-order valence-electron chi connectivity index (χ2n) is 3.87. The number of nitro groups is 1. The Morgan fingerprint density at radius 1 is 1.42 bits per heavy atom. The number of hydrogen-bond donors (Lipinski definition) is 1. The van der Waals surface area contributed by atoms with Gasteiger partial charge in [0.25, 0.3) is 5.69 Å². The topological polar surface area (TPSA) is 97.4 Å². The molecule has 1 N–H and O–H groups in total. The quantitative estimate of drug-likeness (QED) is 0.479. The lowest BCUT2D eigenvalue weighted by Gasteiger charge is -2.23. The van der Waals surface area contributed by atoms with Crippen molar-refractivity contribution in [3.63, 3.8) is 0 Å². The van der Waals surface area contributed by atoms with E-state index in [1.165, 1.54) is 32.4 Å². The third-order valence-electron chi connectivity index (χ3n) is 2.59. The van der Waals surface area contributed by atoms with Crippen LogP contribution in [-0.2, 0) is 9.47 Å². The summed E-state index contributed by atoms with van der Waals surface area (Å²) in [4.78, 5) is 10.1. The first-order valence-corrected chi connectivity index (χ1v) is 5.54. The summed E-state index contributed by atoms with van der Waals surface area (Å²) in [5, 5.41) is 22.7. The first kappa shape index (κ1) is 14.9. The van der Waals surface area contributed by atoms with Gasteiger partial charge in [0.15, 0.2) is 6.29 Å². The number of methoxy groups -OCH3 is 2. The molecule has 0 heterocycles. The number of rotatable bonds is 6. The van der Waals surface area contributed by atoms with Gasteiger partial charge in [-0.05, 0) is 13.0 Å². The molecule has 1 aromatic carbocycles. The van der Waals surface area contributed by atoms with E-state index in [0.29, 0.717) is 5.69 Å². The van der Waals surface area contributed by atoms with Gasteiger partial charge < -0.3 is 14.8 Å². The van der Waals surface area contributed by atoms with Crippen LogP contribution in [0.3, 0.4) is 0 Å². The molecule has 7 nitrogen and oxygen atoms in total. The molecular weight excluding hydrogens is 250 g/mol. The van der Waals surface area contributed by atoms with Crippen LogP contribution in [-0.4, -0.2) is 31.5 Å². The zero-order chi connectivity index (χ0) is 14.4. The van der Waals surface area contributed by atoms with Crippen molar-refractivity contribution >= 4 is 11.4 Å². The predicted molar refractivity (Wildman–Crippen MR) is 68.7 cm³/mol. The van der Waals surface area contributed by atoms with Gasteiger partial charge in [-0.25, -0.2) is 0 Å². The van der Waals surface area contributed by atoms with Crippen molar-refractivity contribution < 1.29 is 14.4 Å². The summed E-state index contributed by atoms with van der Waals surface area (Å²) >= 11 is 0. The van der Waals surface area contributed by atoms with Crippen molar-refractivity contribution in [3.8, 4) is 6.07 Å². The van der Waals surface area contributed by atoms with E-state index in [1.54, 1.807) is 0 Å². The van der Waals surface area contributed by atoms with Gasteiger partial charge in [0.2, 0.25) is 0 Å². The lowest BCUT2D eigenvalue weighted by Crippen LogP contribution is -2.34. The molecule has 0 aliphatic heterocycles. The summed E-state index contributed by atoms with van der Waals surface area (Å²) in [7, 11) is 3.01. The van der Waals surface area contributed by atoms with Crippen molar-refractivity contribution in [1.29, 1.82) is 5.26 Å². The molecule has 0 radical (unpaired) electrons. The smallest absolute Gasteiger partial charge is 0.270 e. The molecule has 0 aliphatic rings. The largest absolute Gasteiger partial charge is 0.376 e. The van der Waals surface area contributed by atoms with E-state index in [1.807, 2.05) is 13.0 Å². The first-order chi connectivity index (χ1) is 9.03. The Bertz CT molecular complexity index is 494. The number of nitrogens with zero attached hydrogens (tertiary/aromatic N) is 2. The number of ether oxygens (including phenoxy) is 2. The molecule has 1 rings (SSSR count). The van der Waals surface area contributed by atoms with Crippen molar-refractivity contribution in [2.45, 2.75) is 19.3 Å². The lowest BCUT2D eigenvalue weighted by molar-refractivity contribution is -0.384. The zero-order valence-electron chi connectivity index (χ0n) is 10.9. The van der Waals surface area contributed by atoms with Gasteiger partial charge in [-0.15, -0.1) is 0 Å². The highest BCUT2D eigenvalue weighted by atomic mass is 16.7. The summed E-state index contributed by atoms with van der Waals surface area (Å²) in [6.07, 6.45) is -0.485. The summed E-state index contributed by atoms with van der Waals surface area (Å²) in [6, 6.07) is 5.76. The van der Waals surface area contributed by atoms with Crippen molar-refractivity contribution in [2.75, 3.05) is 19.5 Å². The molecule has 0 aromatic heterocycles. The van der Waals surface area contributed by atoms with E-state index in [-0.39, 0.29) is 17.3 Å². The van der Waals surface area contributed by atoms with Crippen LogP contribution in [0.1, 0.15) is 12.5 Å². The van der Waals surface area contributed by atoms with E-state index in [4.69, 9.17) is 14.7 Å². The van der Waals surface area contributed by atoms with E-state index < -0.39 is 11.2 Å². The maximum atomic E-state index is 10.6. The third kappa shape index (κ3) is 3.64. The maximum absolute atomic E-state index is 10.6. The van der Waals surface area contributed by atoms with Crippen LogP contribution in [0, 0.1) is 21.4 Å². The van der Waals surface area contributed by atoms with E-state index in [2.05, 4.69) is 5.32 Å². The van der Waals surface area contributed by atoms with Gasteiger partial charge >= 0.3 is 0 Å². The molecule has 1 atom stereocenters. The molecule has 0 bridgehead atoms. The molecule has 0 aliphatic carbocycles. The minimum atomic E-state index is -0.541. The fraction of sp³-hybridized carbons (Fsp3) is 0.417. The van der Waals surface area contributed by atoms with Gasteiger partial charge in [-0.3, -0.25) is 10.1 Å². The van der Waals surface area contributed by atoms with Crippen molar-refractivity contribution in [2.24, 2.45) is 0 Å². The molecule has 19 heavy (non-hydrogen) atoms. The Morgan fingerprint density at radius 3 is 2.53 bits per heavy atom. The Kier molecular flexibility index (Phi) is 5.23. The fourth-order valence-electron chi connectivity index (χ4n) is 1.68. The molecule has 0 saturated heterocycles. The molecule has 0 fully saturated rings. The maximum Gasteiger partial charge on any atom is 0.270 e. The molecule has 102 valence electrons. The number of nitro benzene ring substituents is 1. The molecule has 0 amide bonds. The average molecular weight is 265 g/mol. The van der Waals surface area contributed by atoms with E-state index in [0.717, 1.165) is 0 Å². The Morgan fingerprint density at radius 2 is 2.05 bits per heavy atom. The van der Waals surface area contributed by atoms with Crippen LogP contribution in [0.25, 0.3) is 0 Å². The van der Waals surface area contributed by atoms with Gasteiger partial charge in [-0.2, -0.15) is 5.26 Å². The van der Waals surface area contributed by atoms with Gasteiger partial charge in [0, 0.05) is 26.4 Å². The molecule has 7 heteroatoms. The fourth-order valence-corrected chi connectivity index (χ4v) is 1.68. The normalized spacial score (nSPS) is 11.9. The van der Waals surface area contributed by atoms with Crippen LogP contribution in [0.2, 0.25) is 0 Å². The van der Waals surface area contributed by atoms with Crippen LogP contribution in [0.4, 0.5) is 11.4 Å². The number of nitrogens with one attached hydrogen (secondary N) is 1. The number of benzene rings is 1. The second-order valence-corrected chi connectivity index (χ2v) is 3.87. The van der Waals surface area contributed by atoms with E-state index >= 15 is 0 Å². The van der Waals surface area contributed by atoms with Crippen LogP contribution in [0.15, 0.2) is 18.2 Å². The lowest BCUT2D eigenvalue weighted by atomic mass is 10.1. The summed E-state index contributed by atoms with van der Waals surface area (Å²) in [5.41, 5.74) is 0.580. The molecule has 0 spiro atoms. The average Bonchev–Trinajstić information content (AvgIpc) is 2.40. The van der Waals surface area contributed by atoms with Crippen molar-refractivity contribution in [3.05, 3.63) is 33.9 Å². The number of nitriles is 1. The Hall–Kier alpha value is -2.17. The molecular formula is C12H15N3O4. The highest BCUT2D eigenvalue weighted by Gasteiger charge is 2.18. The summed E-state index contributed by atoms with van der Waals surface area (Å²) in [5.74, 6) is 0. The van der Waals surface area contributed by atoms with Gasteiger partial charge in [0.05, 0.1) is 22.2 Å². The van der Waals surface area contributed by atoms with Crippen LogP contribution < -0.4 is 5.32 Å². The monoisotopic (exact) mass is 265 g/mol. The van der Waals surface area contributed by atoms with E-state index in [9.17, 15) is 10.1 Å². The zero-order valence-corrected chi connectivity index (χ0v) is 10.9. The Balaban J connectivity index is 2.96. The molecule has 1 unspecified atom stereocenters.